The summed E-state index contributed by atoms with van der Waals surface area (Å²) in [6.45, 7) is 4.52. The van der Waals surface area contributed by atoms with E-state index in [1.807, 2.05) is 0 Å². The lowest BCUT2D eigenvalue weighted by atomic mass is 9.70. The first-order valence-electron chi connectivity index (χ1n) is 8.30. The first-order chi connectivity index (χ1) is 9.22. The molecule has 0 aromatic heterocycles. The first kappa shape index (κ1) is 16.5. The van der Waals surface area contributed by atoms with E-state index in [-0.39, 0.29) is 11.9 Å². The molecule has 0 aromatic rings. The molecule has 1 fully saturated rings. The van der Waals surface area contributed by atoms with Crippen LogP contribution in [0.3, 0.4) is 0 Å². The predicted molar refractivity (Wildman–Crippen MR) is 80.0 cm³/mol. The molecule has 3 atom stereocenters. The van der Waals surface area contributed by atoms with Crippen LogP contribution in [0.4, 0.5) is 0 Å². The summed E-state index contributed by atoms with van der Waals surface area (Å²) < 4.78 is 4.94. The van der Waals surface area contributed by atoms with Gasteiger partial charge in [-0.3, -0.25) is 4.79 Å². The second kappa shape index (κ2) is 9.39. The fourth-order valence-electron chi connectivity index (χ4n) is 3.56. The van der Waals surface area contributed by atoms with Gasteiger partial charge in [0, 0.05) is 0 Å². The summed E-state index contributed by atoms with van der Waals surface area (Å²) in [5.41, 5.74) is 0. The predicted octanol–water partition coefficient (Wildman–Crippen LogP) is 4.96. The Morgan fingerprint density at radius 3 is 2.32 bits per heavy atom. The number of carbonyl (C=O) groups excluding carboxylic acids is 1. The second-order valence-electron chi connectivity index (χ2n) is 6.19. The van der Waals surface area contributed by atoms with Gasteiger partial charge in [-0.15, -0.1) is 0 Å². The van der Waals surface area contributed by atoms with Crippen LogP contribution >= 0.6 is 0 Å². The largest absolute Gasteiger partial charge is 0.469 e. The van der Waals surface area contributed by atoms with E-state index in [1.54, 1.807) is 0 Å². The van der Waals surface area contributed by atoms with Crippen molar-refractivity contribution in [1.29, 1.82) is 0 Å². The highest BCUT2D eigenvalue weighted by Gasteiger charge is 2.33. The molecule has 0 saturated heterocycles. The summed E-state index contributed by atoms with van der Waals surface area (Å²) in [4.78, 5) is 11.7. The van der Waals surface area contributed by atoms with E-state index in [0.29, 0.717) is 0 Å². The Kier molecular flexibility index (Phi) is 8.16. The van der Waals surface area contributed by atoms with Crippen molar-refractivity contribution >= 4 is 5.97 Å². The highest BCUT2D eigenvalue weighted by atomic mass is 16.5. The molecular formula is C17H32O2. The summed E-state index contributed by atoms with van der Waals surface area (Å²) in [6.07, 6.45) is 12.6. The van der Waals surface area contributed by atoms with Crippen LogP contribution in [0, 0.1) is 17.8 Å². The zero-order valence-corrected chi connectivity index (χ0v) is 13.1. The molecule has 19 heavy (non-hydrogen) atoms. The number of rotatable bonds is 8. The van der Waals surface area contributed by atoms with Crippen LogP contribution in [-0.4, -0.2) is 13.1 Å². The van der Waals surface area contributed by atoms with Crippen molar-refractivity contribution in [3.05, 3.63) is 0 Å². The third-order valence-corrected chi connectivity index (χ3v) is 4.78. The molecule has 1 aliphatic carbocycles. The topological polar surface area (TPSA) is 26.3 Å². The van der Waals surface area contributed by atoms with Crippen molar-refractivity contribution in [2.75, 3.05) is 7.11 Å². The van der Waals surface area contributed by atoms with E-state index in [2.05, 4.69) is 13.8 Å². The van der Waals surface area contributed by atoms with Gasteiger partial charge in [0.15, 0.2) is 0 Å². The molecule has 0 aliphatic heterocycles. The van der Waals surface area contributed by atoms with Gasteiger partial charge in [0.25, 0.3) is 0 Å². The summed E-state index contributed by atoms with van der Waals surface area (Å²) in [5, 5.41) is 0. The molecule has 0 heterocycles. The van der Waals surface area contributed by atoms with E-state index in [1.165, 1.54) is 58.5 Å². The van der Waals surface area contributed by atoms with Crippen LogP contribution in [0.15, 0.2) is 0 Å². The maximum absolute atomic E-state index is 11.7. The van der Waals surface area contributed by atoms with Crippen molar-refractivity contribution in [2.45, 2.75) is 78.1 Å². The number of hydrogen-bond donors (Lipinski definition) is 0. The molecule has 2 nitrogen and oxygen atoms in total. The Morgan fingerprint density at radius 2 is 1.68 bits per heavy atom. The molecule has 0 amide bonds. The van der Waals surface area contributed by atoms with Gasteiger partial charge in [-0.2, -0.15) is 0 Å². The molecule has 1 aliphatic rings. The highest BCUT2D eigenvalue weighted by molar-refractivity contribution is 5.72. The van der Waals surface area contributed by atoms with Crippen molar-refractivity contribution < 1.29 is 9.53 Å². The normalized spacial score (nSPS) is 27.2. The van der Waals surface area contributed by atoms with Crippen LogP contribution in [0.1, 0.15) is 78.1 Å². The average molecular weight is 268 g/mol. The van der Waals surface area contributed by atoms with E-state index in [4.69, 9.17) is 4.74 Å². The smallest absolute Gasteiger partial charge is 0.308 e. The van der Waals surface area contributed by atoms with Crippen molar-refractivity contribution in [1.82, 2.24) is 0 Å². The molecule has 2 heteroatoms. The number of carbonyl (C=O) groups is 1. The van der Waals surface area contributed by atoms with Crippen LogP contribution in [0.2, 0.25) is 0 Å². The van der Waals surface area contributed by atoms with Crippen molar-refractivity contribution in [2.24, 2.45) is 17.8 Å². The minimum absolute atomic E-state index is 0.0218. The monoisotopic (exact) mass is 268 g/mol. The lowest BCUT2D eigenvalue weighted by Crippen LogP contribution is -2.30. The molecule has 0 bridgehead atoms. The minimum atomic E-state index is 0.0218. The third kappa shape index (κ3) is 5.54. The van der Waals surface area contributed by atoms with Gasteiger partial charge in [-0.05, 0) is 31.1 Å². The summed E-state index contributed by atoms with van der Waals surface area (Å²) in [7, 11) is 1.52. The standard InChI is InChI=1S/C17H32O2/c1-4-6-8-10-14-11-12-16(17(18)19-3)13-15(14)9-7-5-2/h14-16H,4-13H2,1-3H3/t14?,15?,16-/m1/s1. The molecule has 112 valence electrons. The van der Waals surface area contributed by atoms with Gasteiger partial charge in [0.2, 0.25) is 0 Å². The fourth-order valence-corrected chi connectivity index (χ4v) is 3.56. The van der Waals surface area contributed by atoms with Gasteiger partial charge in [0.05, 0.1) is 13.0 Å². The van der Waals surface area contributed by atoms with Crippen LogP contribution in [-0.2, 0) is 9.53 Å². The number of ether oxygens (including phenoxy) is 1. The average Bonchev–Trinajstić information content (AvgIpc) is 2.45. The molecule has 0 N–H and O–H groups in total. The minimum Gasteiger partial charge on any atom is -0.469 e. The van der Waals surface area contributed by atoms with Gasteiger partial charge in [-0.25, -0.2) is 0 Å². The zero-order chi connectivity index (χ0) is 14.1. The Morgan fingerprint density at radius 1 is 1.00 bits per heavy atom. The van der Waals surface area contributed by atoms with Gasteiger partial charge < -0.3 is 4.74 Å². The molecule has 1 saturated carbocycles. The third-order valence-electron chi connectivity index (χ3n) is 4.78. The molecule has 1 rings (SSSR count). The number of esters is 1. The fraction of sp³-hybridized carbons (Fsp3) is 0.941. The van der Waals surface area contributed by atoms with Gasteiger partial charge in [0.1, 0.15) is 0 Å². The summed E-state index contributed by atoms with van der Waals surface area (Å²) >= 11 is 0. The Hall–Kier alpha value is -0.530. The summed E-state index contributed by atoms with van der Waals surface area (Å²) in [5.74, 6) is 1.82. The van der Waals surface area contributed by atoms with Crippen molar-refractivity contribution in [3.8, 4) is 0 Å². The maximum atomic E-state index is 11.7. The number of methoxy groups -OCH3 is 1. The lowest BCUT2D eigenvalue weighted by Gasteiger charge is -2.35. The Bertz CT molecular complexity index is 250. The molecular weight excluding hydrogens is 236 g/mol. The molecule has 0 aromatic carbocycles. The second-order valence-corrected chi connectivity index (χ2v) is 6.19. The molecule has 0 radical (unpaired) electrons. The van der Waals surface area contributed by atoms with Gasteiger partial charge >= 0.3 is 5.97 Å². The molecule has 2 unspecified atom stereocenters. The molecule has 0 spiro atoms. The zero-order valence-electron chi connectivity index (χ0n) is 13.1. The van der Waals surface area contributed by atoms with Crippen LogP contribution < -0.4 is 0 Å². The van der Waals surface area contributed by atoms with E-state index >= 15 is 0 Å². The van der Waals surface area contributed by atoms with Crippen LogP contribution in [0.25, 0.3) is 0 Å². The lowest BCUT2D eigenvalue weighted by molar-refractivity contribution is -0.147. The highest BCUT2D eigenvalue weighted by Crippen LogP contribution is 2.40. The number of unbranched alkanes of at least 4 members (excludes halogenated alkanes) is 3. The first-order valence-corrected chi connectivity index (χ1v) is 8.30. The van der Waals surface area contributed by atoms with E-state index < -0.39 is 0 Å². The maximum Gasteiger partial charge on any atom is 0.308 e. The van der Waals surface area contributed by atoms with Gasteiger partial charge in [-0.1, -0.05) is 58.8 Å². The number of hydrogen-bond acceptors (Lipinski definition) is 2. The Labute approximate surface area is 119 Å². The van der Waals surface area contributed by atoms with Crippen LogP contribution in [0.5, 0.6) is 0 Å². The SMILES string of the molecule is CCCCCC1CC[C@@H](C(=O)OC)CC1CCCC. The quantitative estimate of drug-likeness (QED) is 0.459. The van der Waals surface area contributed by atoms with E-state index in [9.17, 15) is 4.79 Å². The summed E-state index contributed by atoms with van der Waals surface area (Å²) in [6, 6.07) is 0. The van der Waals surface area contributed by atoms with E-state index in [0.717, 1.165) is 24.7 Å². The Balaban J connectivity index is 2.48. The van der Waals surface area contributed by atoms with Crippen molar-refractivity contribution in [3.63, 3.8) is 0 Å².